The molecule has 2 heterocycles. The predicted octanol–water partition coefficient (Wildman–Crippen LogP) is 5.59. The molecule has 0 saturated carbocycles. The molecule has 0 saturated heterocycles. The number of rotatable bonds is 7. The standard InChI is InChI=1S/C23H19FN2O3S/c1-15-2-4-16(5-3-15)20-12-25-21(29-20)10-11-22(27)28-13-19-14-30-23(26-19)17-6-8-18(24)9-7-17/h2-9,12,14H,10-11,13H2,1H3. The fourth-order valence-electron chi connectivity index (χ4n) is 2.81. The van der Waals surface area contributed by atoms with E-state index in [2.05, 4.69) is 9.97 Å². The highest BCUT2D eigenvalue weighted by atomic mass is 32.1. The van der Waals surface area contributed by atoms with E-state index in [0.717, 1.165) is 16.1 Å². The Labute approximate surface area is 177 Å². The fourth-order valence-corrected chi connectivity index (χ4v) is 3.62. The van der Waals surface area contributed by atoms with E-state index in [4.69, 9.17) is 9.15 Å². The number of aryl methyl sites for hydroxylation is 2. The summed E-state index contributed by atoms with van der Waals surface area (Å²) < 4.78 is 24.1. The zero-order valence-electron chi connectivity index (χ0n) is 16.3. The molecule has 0 aliphatic carbocycles. The topological polar surface area (TPSA) is 65.2 Å². The lowest BCUT2D eigenvalue weighted by atomic mass is 10.1. The predicted molar refractivity (Wildman–Crippen MR) is 112 cm³/mol. The summed E-state index contributed by atoms with van der Waals surface area (Å²) in [6.45, 7) is 2.12. The van der Waals surface area contributed by atoms with Crippen LogP contribution in [0.15, 0.2) is 64.5 Å². The molecule has 152 valence electrons. The first-order chi connectivity index (χ1) is 14.6. The highest BCUT2D eigenvalue weighted by molar-refractivity contribution is 7.13. The van der Waals surface area contributed by atoms with E-state index in [1.807, 2.05) is 36.6 Å². The van der Waals surface area contributed by atoms with Crippen LogP contribution in [-0.4, -0.2) is 15.9 Å². The van der Waals surface area contributed by atoms with E-state index in [9.17, 15) is 9.18 Å². The van der Waals surface area contributed by atoms with E-state index in [1.165, 1.54) is 29.0 Å². The smallest absolute Gasteiger partial charge is 0.306 e. The van der Waals surface area contributed by atoms with Crippen LogP contribution in [-0.2, 0) is 22.6 Å². The zero-order valence-corrected chi connectivity index (χ0v) is 17.1. The molecule has 2 aromatic carbocycles. The maximum atomic E-state index is 13.0. The number of hydrogen-bond donors (Lipinski definition) is 0. The van der Waals surface area contributed by atoms with Gasteiger partial charge in [-0.15, -0.1) is 11.3 Å². The molecule has 7 heteroatoms. The average molecular weight is 422 g/mol. The number of aromatic nitrogens is 2. The molecule has 0 amide bonds. The molecule has 0 N–H and O–H groups in total. The molecule has 0 aliphatic rings. The van der Waals surface area contributed by atoms with Crippen LogP contribution in [0.3, 0.4) is 0 Å². The SMILES string of the molecule is Cc1ccc(-c2cnc(CCC(=O)OCc3csc(-c4ccc(F)cc4)n3)o2)cc1. The van der Waals surface area contributed by atoms with Crippen LogP contribution < -0.4 is 0 Å². The summed E-state index contributed by atoms with van der Waals surface area (Å²) in [6.07, 6.45) is 2.20. The Morgan fingerprint density at radius 2 is 1.83 bits per heavy atom. The second-order valence-electron chi connectivity index (χ2n) is 6.80. The van der Waals surface area contributed by atoms with Gasteiger partial charge in [0.1, 0.15) is 17.4 Å². The third-order valence-corrected chi connectivity index (χ3v) is 5.40. The Morgan fingerprint density at radius 3 is 2.60 bits per heavy atom. The lowest BCUT2D eigenvalue weighted by Gasteiger charge is -2.02. The van der Waals surface area contributed by atoms with Gasteiger partial charge < -0.3 is 9.15 Å². The van der Waals surface area contributed by atoms with Crippen molar-refractivity contribution in [2.24, 2.45) is 0 Å². The van der Waals surface area contributed by atoms with E-state index in [0.29, 0.717) is 23.8 Å². The first-order valence-corrected chi connectivity index (χ1v) is 10.3. The van der Waals surface area contributed by atoms with E-state index in [-0.39, 0.29) is 24.8 Å². The lowest BCUT2D eigenvalue weighted by molar-refractivity contribution is -0.145. The van der Waals surface area contributed by atoms with Crippen molar-refractivity contribution in [1.82, 2.24) is 9.97 Å². The molecule has 0 fully saturated rings. The number of carbonyl (C=O) groups is 1. The first kappa shape index (κ1) is 20.0. The second kappa shape index (κ2) is 9.00. The number of thiazole rings is 1. The molecular weight excluding hydrogens is 403 g/mol. The molecule has 0 spiro atoms. The molecule has 2 aromatic heterocycles. The van der Waals surface area contributed by atoms with Crippen molar-refractivity contribution in [3.63, 3.8) is 0 Å². The van der Waals surface area contributed by atoms with Gasteiger partial charge >= 0.3 is 5.97 Å². The molecule has 0 radical (unpaired) electrons. The number of carbonyl (C=O) groups excluding carboxylic acids is 1. The second-order valence-corrected chi connectivity index (χ2v) is 7.65. The summed E-state index contributed by atoms with van der Waals surface area (Å²) in [4.78, 5) is 20.7. The molecule has 4 aromatic rings. The van der Waals surface area contributed by atoms with Gasteiger partial charge in [-0.25, -0.2) is 14.4 Å². The van der Waals surface area contributed by atoms with Crippen molar-refractivity contribution < 1.29 is 18.3 Å². The third-order valence-electron chi connectivity index (χ3n) is 4.46. The highest BCUT2D eigenvalue weighted by Gasteiger charge is 2.11. The van der Waals surface area contributed by atoms with Crippen LogP contribution in [0.4, 0.5) is 4.39 Å². The molecule has 30 heavy (non-hydrogen) atoms. The van der Waals surface area contributed by atoms with Gasteiger partial charge in [0.05, 0.1) is 18.3 Å². The van der Waals surface area contributed by atoms with Crippen molar-refractivity contribution >= 4 is 17.3 Å². The molecule has 0 aliphatic heterocycles. The van der Waals surface area contributed by atoms with Crippen LogP contribution >= 0.6 is 11.3 Å². The minimum atomic E-state index is -0.346. The zero-order chi connectivity index (χ0) is 20.9. The van der Waals surface area contributed by atoms with Crippen molar-refractivity contribution in [3.05, 3.63) is 83.1 Å². The third kappa shape index (κ3) is 4.99. The molecule has 5 nitrogen and oxygen atoms in total. The number of esters is 1. The van der Waals surface area contributed by atoms with Gasteiger partial charge in [0.2, 0.25) is 0 Å². The van der Waals surface area contributed by atoms with Crippen molar-refractivity contribution in [2.75, 3.05) is 0 Å². The lowest BCUT2D eigenvalue weighted by Crippen LogP contribution is -2.06. The van der Waals surface area contributed by atoms with Gasteiger partial charge in [0.25, 0.3) is 0 Å². The van der Waals surface area contributed by atoms with Crippen molar-refractivity contribution in [3.8, 4) is 21.9 Å². The Kier molecular flexibility index (Phi) is 5.99. The van der Waals surface area contributed by atoms with Crippen LogP contribution in [0, 0.1) is 12.7 Å². The summed E-state index contributed by atoms with van der Waals surface area (Å²) in [7, 11) is 0. The van der Waals surface area contributed by atoms with Crippen LogP contribution in [0.25, 0.3) is 21.9 Å². The molecule has 0 atom stereocenters. The number of oxazole rings is 1. The van der Waals surface area contributed by atoms with Gasteiger partial charge in [-0.3, -0.25) is 4.79 Å². The van der Waals surface area contributed by atoms with E-state index >= 15 is 0 Å². The number of ether oxygens (including phenoxy) is 1. The Morgan fingerprint density at radius 1 is 1.10 bits per heavy atom. The summed E-state index contributed by atoms with van der Waals surface area (Å²) in [5.41, 5.74) is 3.60. The number of benzene rings is 2. The maximum absolute atomic E-state index is 13.0. The first-order valence-electron chi connectivity index (χ1n) is 9.44. The van der Waals surface area contributed by atoms with Crippen LogP contribution in [0.2, 0.25) is 0 Å². The largest absolute Gasteiger partial charge is 0.459 e. The van der Waals surface area contributed by atoms with Crippen LogP contribution in [0.5, 0.6) is 0 Å². The van der Waals surface area contributed by atoms with Gasteiger partial charge in [0, 0.05) is 22.9 Å². The highest BCUT2D eigenvalue weighted by Crippen LogP contribution is 2.24. The van der Waals surface area contributed by atoms with Crippen molar-refractivity contribution in [1.29, 1.82) is 0 Å². The molecular formula is C23H19FN2O3S. The summed E-state index contributed by atoms with van der Waals surface area (Å²) in [5.74, 6) is 0.534. The Balaban J connectivity index is 1.27. The minimum absolute atomic E-state index is 0.0940. The number of halogens is 1. The normalized spacial score (nSPS) is 10.9. The Bertz CT molecular complexity index is 1040. The quantitative estimate of drug-likeness (QED) is 0.363. The maximum Gasteiger partial charge on any atom is 0.306 e. The van der Waals surface area contributed by atoms with E-state index in [1.54, 1.807) is 18.3 Å². The minimum Gasteiger partial charge on any atom is -0.459 e. The molecule has 0 unspecified atom stereocenters. The summed E-state index contributed by atoms with van der Waals surface area (Å²) in [6, 6.07) is 14.1. The van der Waals surface area contributed by atoms with Crippen molar-refractivity contribution in [2.45, 2.75) is 26.4 Å². The van der Waals surface area contributed by atoms with Crippen LogP contribution in [0.1, 0.15) is 23.6 Å². The summed E-state index contributed by atoms with van der Waals surface area (Å²) in [5, 5.41) is 2.58. The van der Waals surface area contributed by atoms with Gasteiger partial charge in [0.15, 0.2) is 11.7 Å². The number of hydrogen-bond acceptors (Lipinski definition) is 6. The van der Waals surface area contributed by atoms with Gasteiger partial charge in [-0.05, 0) is 31.2 Å². The summed E-state index contributed by atoms with van der Waals surface area (Å²) >= 11 is 1.42. The molecule has 4 rings (SSSR count). The van der Waals surface area contributed by atoms with Gasteiger partial charge in [-0.2, -0.15) is 0 Å². The average Bonchev–Trinajstić information content (AvgIpc) is 3.42. The monoisotopic (exact) mass is 422 g/mol. The van der Waals surface area contributed by atoms with E-state index < -0.39 is 0 Å². The molecule has 0 bridgehead atoms. The Hall–Kier alpha value is -3.32. The fraction of sp³-hybridized carbons (Fsp3) is 0.174. The number of nitrogens with zero attached hydrogens (tertiary/aromatic N) is 2. The van der Waals surface area contributed by atoms with Gasteiger partial charge in [-0.1, -0.05) is 29.8 Å².